The number of hydrogen-bond acceptors (Lipinski definition) is 15. The highest BCUT2D eigenvalue weighted by Crippen LogP contribution is 2.39. The van der Waals surface area contributed by atoms with Crippen molar-refractivity contribution < 1.29 is 69.4 Å². The Balaban J connectivity index is 1.54. The Morgan fingerprint density at radius 3 is 2.12 bits per heavy atom. The molecule has 0 spiro atoms. The van der Waals surface area contributed by atoms with Crippen LogP contribution in [-0.4, -0.2) is 83.3 Å². The molecule has 1 aliphatic rings. The zero-order chi connectivity index (χ0) is 31.2. The van der Waals surface area contributed by atoms with Gasteiger partial charge in [0.1, 0.15) is 40.9 Å². The molecule has 0 saturated carbocycles. The molecule has 5 atom stereocenters. The molecular formula is C28H24O15. The Morgan fingerprint density at radius 2 is 1.47 bits per heavy atom. The summed E-state index contributed by atoms with van der Waals surface area (Å²) in [7, 11) is 0. The molecule has 5 unspecified atom stereocenters. The molecule has 43 heavy (non-hydrogen) atoms. The Kier molecular flexibility index (Phi) is 7.64. The van der Waals surface area contributed by atoms with Crippen LogP contribution in [0.2, 0.25) is 0 Å². The van der Waals surface area contributed by atoms with Gasteiger partial charge in [-0.05, 0) is 36.4 Å². The monoisotopic (exact) mass is 600 g/mol. The van der Waals surface area contributed by atoms with Gasteiger partial charge in [0, 0.05) is 17.7 Å². The average molecular weight is 600 g/mol. The first-order chi connectivity index (χ1) is 20.3. The summed E-state index contributed by atoms with van der Waals surface area (Å²) in [6, 6.07) is 8.78. The van der Waals surface area contributed by atoms with E-state index < -0.39 is 94.2 Å². The van der Waals surface area contributed by atoms with E-state index in [0.717, 1.165) is 24.3 Å². The minimum absolute atomic E-state index is 0.127. The van der Waals surface area contributed by atoms with Crippen molar-refractivity contribution in [1.82, 2.24) is 0 Å². The third kappa shape index (κ3) is 5.52. The predicted molar refractivity (Wildman–Crippen MR) is 142 cm³/mol. The van der Waals surface area contributed by atoms with Gasteiger partial charge < -0.3 is 64.6 Å². The van der Waals surface area contributed by atoms with Crippen LogP contribution in [0, 0.1) is 5.92 Å². The maximum atomic E-state index is 13.6. The summed E-state index contributed by atoms with van der Waals surface area (Å²) in [5.74, 6) is -7.30. The molecule has 1 saturated heterocycles. The molecular weight excluding hydrogens is 576 g/mol. The van der Waals surface area contributed by atoms with E-state index in [-0.39, 0.29) is 22.7 Å². The van der Waals surface area contributed by atoms with E-state index in [1.54, 1.807) is 0 Å². The number of carbonyl (C=O) groups excluding carboxylic acids is 1. The van der Waals surface area contributed by atoms with Gasteiger partial charge in [-0.2, -0.15) is 0 Å². The highest BCUT2D eigenvalue weighted by molar-refractivity contribution is 5.91. The van der Waals surface area contributed by atoms with E-state index in [1.165, 1.54) is 24.3 Å². The van der Waals surface area contributed by atoms with Gasteiger partial charge in [-0.15, -0.1) is 0 Å². The van der Waals surface area contributed by atoms with Gasteiger partial charge in [0.05, 0.1) is 17.6 Å². The first kappa shape index (κ1) is 29.3. The summed E-state index contributed by atoms with van der Waals surface area (Å²) in [6.45, 7) is -0.774. The molecule has 15 nitrogen and oxygen atoms in total. The number of esters is 1. The summed E-state index contributed by atoms with van der Waals surface area (Å²) in [5.41, 5.74) is -1.46. The van der Waals surface area contributed by atoms with Gasteiger partial charge in [-0.1, -0.05) is 0 Å². The number of aliphatic hydroxyl groups excluding tert-OH is 3. The maximum Gasteiger partial charge on any atom is 0.338 e. The number of aliphatic hydroxyl groups is 3. The Hall–Kier alpha value is -5.22. The van der Waals surface area contributed by atoms with Crippen LogP contribution in [0.3, 0.4) is 0 Å². The molecule has 226 valence electrons. The van der Waals surface area contributed by atoms with Crippen LogP contribution in [0.25, 0.3) is 22.3 Å². The van der Waals surface area contributed by atoms with E-state index in [1.807, 2.05) is 0 Å². The Morgan fingerprint density at radius 1 is 0.814 bits per heavy atom. The zero-order valence-corrected chi connectivity index (χ0v) is 21.7. The van der Waals surface area contributed by atoms with Crippen LogP contribution < -0.4 is 10.2 Å². The van der Waals surface area contributed by atoms with Crippen LogP contribution in [0.15, 0.2) is 57.7 Å². The smallest absolute Gasteiger partial charge is 0.338 e. The fourth-order valence-corrected chi connectivity index (χ4v) is 4.47. The van der Waals surface area contributed by atoms with Crippen LogP contribution in [0.5, 0.6) is 40.2 Å². The normalized spacial score (nSPS) is 21.9. The van der Waals surface area contributed by atoms with E-state index in [9.17, 15) is 55.5 Å². The average Bonchev–Trinajstić information content (AvgIpc) is 2.95. The van der Waals surface area contributed by atoms with Crippen molar-refractivity contribution in [3.05, 3.63) is 64.3 Å². The second-order valence-electron chi connectivity index (χ2n) is 9.59. The largest absolute Gasteiger partial charge is 0.508 e. The van der Waals surface area contributed by atoms with Gasteiger partial charge in [-0.3, -0.25) is 4.79 Å². The van der Waals surface area contributed by atoms with Crippen LogP contribution in [0.1, 0.15) is 10.4 Å². The maximum absolute atomic E-state index is 13.6. The molecule has 15 heteroatoms. The van der Waals surface area contributed by atoms with Gasteiger partial charge in [0.2, 0.25) is 17.5 Å². The van der Waals surface area contributed by atoms with E-state index in [0.29, 0.717) is 0 Å². The second-order valence-corrected chi connectivity index (χ2v) is 9.59. The second kappa shape index (κ2) is 11.2. The number of benzene rings is 3. The standard InChI is InChI=1S/C28H24O15/c29-12-3-1-10(2-4-12)24-25(22(36)19-15(31)7-13(30)8-18(19)41-24)42-28-14(20(34)23(37)27(39)43-28)9-40-26(38)11-5-16(32)21(35)17(33)6-11/h1-8,14,20,23,27-35,37,39H,9H2. The van der Waals surface area contributed by atoms with Crippen molar-refractivity contribution in [3.8, 4) is 51.6 Å². The summed E-state index contributed by atoms with van der Waals surface area (Å²) in [6.07, 6.45) is -7.62. The Labute approximate surface area is 239 Å². The lowest BCUT2D eigenvalue weighted by molar-refractivity contribution is -0.312. The molecule has 1 aliphatic heterocycles. The molecule has 4 aromatic rings. The van der Waals surface area contributed by atoms with E-state index in [2.05, 4.69) is 0 Å². The van der Waals surface area contributed by atoms with Gasteiger partial charge >= 0.3 is 5.97 Å². The molecule has 0 radical (unpaired) electrons. The Bertz CT molecular complexity index is 1720. The summed E-state index contributed by atoms with van der Waals surface area (Å²) < 4.78 is 22.0. The molecule has 2 heterocycles. The van der Waals surface area contributed by atoms with Crippen LogP contribution in [-0.2, 0) is 9.47 Å². The number of phenolic OH excluding ortho intramolecular Hbond substituents is 6. The molecule has 0 bridgehead atoms. The molecule has 3 aromatic carbocycles. The van der Waals surface area contributed by atoms with Crippen LogP contribution in [0.4, 0.5) is 0 Å². The van der Waals surface area contributed by atoms with Crippen molar-refractivity contribution in [2.24, 2.45) is 5.92 Å². The first-order valence-corrected chi connectivity index (χ1v) is 12.5. The molecule has 1 fully saturated rings. The van der Waals surface area contributed by atoms with Gasteiger partial charge in [0.15, 0.2) is 29.3 Å². The predicted octanol–water partition coefficient (Wildman–Crippen LogP) is 0.942. The van der Waals surface area contributed by atoms with Gasteiger partial charge in [0.25, 0.3) is 0 Å². The SMILES string of the molecule is O=C(OCC1C(Oc2c(-c3ccc(O)cc3)oc3cc(O)cc(O)c3c2=O)OC(O)C(O)C1O)c1cc(O)c(O)c(O)c1. The number of hydrogen-bond donors (Lipinski definition) is 9. The molecule has 1 aromatic heterocycles. The van der Waals surface area contributed by atoms with Crippen molar-refractivity contribution in [1.29, 1.82) is 0 Å². The summed E-state index contributed by atoms with van der Waals surface area (Å²) >= 11 is 0. The third-order valence-electron chi connectivity index (χ3n) is 6.70. The van der Waals surface area contributed by atoms with Crippen molar-refractivity contribution in [2.45, 2.75) is 24.8 Å². The number of rotatable bonds is 6. The van der Waals surface area contributed by atoms with Crippen LogP contribution >= 0.6 is 0 Å². The number of phenols is 6. The molecule has 0 amide bonds. The molecule has 5 rings (SSSR count). The summed E-state index contributed by atoms with van der Waals surface area (Å²) in [5, 5.41) is 89.6. The first-order valence-electron chi connectivity index (χ1n) is 12.5. The number of fused-ring (bicyclic) bond motifs is 1. The topological polar surface area (TPSA) is 257 Å². The highest BCUT2D eigenvalue weighted by Gasteiger charge is 2.46. The number of ether oxygens (including phenoxy) is 3. The fourth-order valence-electron chi connectivity index (χ4n) is 4.47. The van der Waals surface area contributed by atoms with Crippen molar-refractivity contribution >= 4 is 16.9 Å². The number of aromatic hydroxyl groups is 6. The third-order valence-corrected chi connectivity index (χ3v) is 6.70. The quantitative estimate of drug-likeness (QED) is 0.110. The van der Waals surface area contributed by atoms with E-state index in [4.69, 9.17) is 18.6 Å². The number of carbonyl (C=O) groups is 1. The minimum atomic E-state index is -2.03. The molecule has 9 N–H and O–H groups in total. The highest BCUT2D eigenvalue weighted by atomic mass is 16.7. The zero-order valence-electron chi connectivity index (χ0n) is 21.7. The summed E-state index contributed by atoms with van der Waals surface area (Å²) in [4.78, 5) is 26.2. The van der Waals surface area contributed by atoms with Crippen molar-refractivity contribution in [3.63, 3.8) is 0 Å². The van der Waals surface area contributed by atoms with E-state index >= 15 is 0 Å². The lowest BCUT2D eigenvalue weighted by Crippen LogP contribution is -2.57. The van der Waals surface area contributed by atoms with Crippen molar-refractivity contribution in [2.75, 3.05) is 6.61 Å². The minimum Gasteiger partial charge on any atom is -0.508 e. The fraction of sp³-hybridized carbons (Fsp3) is 0.214. The van der Waals surface area contributed by atoms with Gasteiger partial charge in [-0.25, -0.2) is 4.79 Å². The lowest BCUT2D eigenvalue weighted by atomic mass is 9.94. The molecule has 0 aliphatic carbocycles. The lowest BCUT2D eigenvalue weighted by Gasteiger charge is -2.40.